The number of likely N-dealkylation sites (tertiary alicyclic amines) is 1. The minimum Gasteiger partial charge on any atom is -0.305 e. The van der Waals surface area contributed by atoms with E-state index >= 15 is 0 Å². The first-order valence-electron chi connectivity index (χ1n) is 7.05. The van der Waals surface area contributed by atoms with Gasteiger partial charge < -0.3 is 10.2 Å². The second-order valence-electron chi connectivity index (χ2n) is 6.15. The molecule has 0 aliphatic carbocycles. The van der Waals surface area contributed by atoms with Crippen LogP contribution in [0.1, 0.15) is 37.9 Å². The van der Waals surface area contributed by atoms with Crippen LogP contribution < -0.4 is 5.32 Å². The predicted octanol–water partition coefficient (Wildman–Crippen LogP) is 3.12. The number of aryl methyl sites for hydroxylation is 1. The summed E-state index contributed by atoms with van der Waals surface area (Å²) >= 11 is 3.49. The summed E-state index contributed by atoms with van der Waals surface area (Å²) < 4.78 is 1.08. The van der Waals surface area contributed by atoms with Crippen molar-refractivity contribution in [3.8, 4) is 0 Å². The Morgan fingerprint density at radius 1 is 1.37 bits per heavy atom. The largest absolute Gasteiger partial charge is 0.305 e. The Morgan fingerprint density at radius 2 is 2.05 bits per heavy atom. The van der Waals surface area contributed by atoms with Gasteiger partial charge in [-0.15, -0.1) is 0 Å². The molecule has 1 aromatic rings. The number of nitrogens with zero attached hydrogens (tertiary/aromatic N) is 2. The summed E-state index contributed by atoms with van der Waals surface area (Å²) in [6.45, 7) is 11.1. The molecular weight excluding hydrogens is 302 g/mol. The minimum absolute atomic E-state index is 0.132. The van der Waals surface area contributed by atoms with Crippen LogP contribution in [-0.4, -0.2) is 35.1 Å². The van der Waals surface area contributed by atoms with Gasteiger partial charge in [0.1, 0.15) is 0 Å². The first-order valence-corrected chi connectivity index (χ1v) is 7.84. The molecule has 1 saturated heterocycles. The molecule has 1 aromatic heterocycles. The van der Waals surface area contributed by atoms with E-state index in [9.17, 15) is 0 Å². The molecule has 0 amide bonds. The van der Waals surface area contributed by atoms with E-state index in [0.29, 0.717) is 0 Å². The highest BCUT2D eigenvalue weighted by Gasteiger charge is 2.23. The Labute approximate surface area is 124 Å². The smallest absolute Gasteiger partial charge is 0.0545 e. The van der Waals surface area contributed by atoms with Crippen LogP contribution in [0.2, 0.25) is 0 Å². The average Bonchev–Trinajstić information content (AvgIpc) is 2.83. The van der Waals surface area contributed by atoms with Crippen molar-refractivity contribution in [2.24, 2.45) is 0 Å². The molecule has 4 heteroatoms. The molecular formula is C15H24BrN3. The van der Waals surface area contributed by atoms with E-state index in [1.807, 2.05) is 6.20 Å². The third kappa shape index (κ3) is 4.55. The maximum Gasteiger partial charge on any atom is 0.0545 e. The topological polar surface area (TPSA) is 28.2 Å². The maximum absolute atomic E-state index is 4.45. The van der Waals surface area contributed by atoms with Crippen molar-refractivity contribution < 1.29 is 0 Å². The number of aromatic nitrogens is 1. The van der Waals surface area contributed by atoms with E-state index in [-0.39, 0.29) is 5.54 Å². The van der Waals surface area contributed by atoms with Gasteiger partial charge in [0.05, 0.1) is 5.69 Å². The van der Waals surface area contributed by atoms with Gasteiger partial charge in [-0.05, 0) is 74.3 Å². The average molecular weight is 326 g/mol. The predicted molar refractivity (Wildman–Crippen MR) is 83.3 cm³/mol. The Bertz CT molecular complexity index is 425. The molecule has 0 radical (unpaired) electrons. The Balaban J connectivity index is 1.87. The SMILES string of the molecule is Cc1cc(CNC(C)(C)CN2CCCC2)ncc1Br. The van der Waals surface area contributed by atoms with Gasteiger partial charge in [0.25, 0.3) is 0 Å². The number of pyridine rings is 1. The van der Waals surface area contributed by atoms with Gasteiger partial charge in [0, 0.05) is 29.3 Å². The van der Waals surface area contributed by atoms with Crippen LogP contribution in [0.4, 0.5) is 0 Å². The Morgan fingerprint density at radius 3 is 2.68 bits per heavy atom. The molecule has 1 aliphatic heterocycles. The van der Waals surface area contributed by atoms with E-state index in [0.717, 1.165) is 23.3 Å². The van der Waals surface area contributed by atoms with Crippen molar-refractivity contribution >= 4 is 15.9 Å². The van der Waals surface area contributed by atoms with E-state index in [2.05, 4.69) is 58.0 Å². The zero-order chi connectivity index (χ0) is 13.9. The van der Waals surface area contributed by atoms with E-state index in [4.69, 9.17) is 0 Å². The highest BCUT2D eigenvalue weighted by molar-refractivity contribution is 9.10. The van der Waals surface area contributed by atoms with Crippen molar-refractivity contribution in [3.05, 3.63) is 28.0 Å². The van der Waals surface area contributed by atoms with Crippen molar-refractivity contribution in [1.29, 1.82) is 0 Å². The number of nitrogens with one attached hydrogen (secondary N) is 1. The fourth-order valence-electron chi connectivity index (χ4n) is 2.58. The summed E-state index contributed by atoms with van der Waals surface area (Å²) in [6, 6.07) is 2.14. The molecule has 2 rings (SSSR count). The summed E-state index contributed by atoms with van der Waals surface area (Å²) in [7, 11) is 0. The number of hydrogen-bond acceptors (Lipinski definition) is 3. The van der Waals surface area contributed by atoms with Gasteiger partial charge in [-0.3, -0.25) is 4.98 Å². The number of rotatable bonds is 5. The van der Waals surface area contributed by atoms with Crippen molar-refractivity contribution in [2.75, 3.05) is 19.6 Å². The second kappa shape index (κ2) is 6.33. The van der Waals surface area contributed by atoms with Crippen LogP contribution in [0.25, 0.3) is 0 Å². The third-order valence-corrected chi connectivity index (χ3v) is 4.50. The third-order valence-electron chi connectivity index (χ3n) is 3.67. The van der Waals surface area contributed by atoms with Crippen molar-refractivity contribution in [1.82, 2.24) is 15.2 Å². The van der Waals surface area contributed by atoms with Gasteiger partial charge in [-0.1, -0.05) is 0 Å². The standard InChI is InChI=1S/C15H24BrN3/c1-12-8-13(17-10-14(12)16)9-18-15(2,3)11-19-6-4-5-7-19/h8,10,18H,4-7,9,11H2,1-3H3. The van der Waals surface area contributed by atoms with Gasteiger partial charge in [0.15, 0.2) is 0 Å². The van der Waals surface area contributed by atoms with E-state index in [1.54, 1.807) is 0 Å². The first-order chi connectivity index (χ1) is 8.96. The van der Waals surface area contributed by atoms with Crippen LogP contribution >= 0.6 is 15.9 Å². The molecule has 106 valence electrons. The normalized spacial score (nSPS) is 17.1. The lowest BCUT2D eigenvalue weighted by atomic mass is 10.0. The number of halogens is 1. The fourth-order valence-corrected chi connectivity index (χ4v) is 2.80. The van der Waals surface area contributed by atoms with Crippen LogP contribution in [0.5, 0.6) is 0 Å². The Hall–Kier alpha value is -0.450. The van der Waals surface area contributed by atoms with Gasteiger partial charge >= 0.3 is 0 Å². The monoisotopic (exact) mass is 325 g/mol. The van der Waals surface area contributed by atoms with Crippen LogP contribution in [0.3, 0.4) is 0 Å². The quantitative estimate of drug-likeness (QED) is 0.901. The summed E-state index contributed by atoms with van der Waals surface area (Å²) in [4.78, 5) is 7.00. The molecule has 1 aliphatic rings. The zero-order valence-corrected chi connectivity index (χ0v) is 13.8. The van der Waals surface area contributed by atoms with Crippen LogP contribution in [0.15, 0.2) is 16.7 Å². The lowest BCUT2D eigenvalue weighted by Crippen LogP contribution is -2.48. The highest BCUT2D eigenvalue weighted by atomic mass is 79.9. The lowest BCUT2D eigenvalue weighted by molar-refractivity contribution is 0.233. The van der Waals surface area contributed by atoms with Crippen LogP contribution in [-0.2, 0) is 6.54 Å². The Kier molecular flexibility index (Phi) is 4.98. The van der Waals surface area contributed by atoms with Crippen molar-refractivity contribution in [3.63, 3.8) is 0 Å². The molecule has 2 heterocycles. The molecule has 0 aromatic carbocycles. The molecule has 0 bridgehead atoms. The molecule has 1 N–H and O–H groups in total. The summed E-state index contributed by atoms with van der Waals surface area (Å²) in [5.41, 5.74) is 2.48. The summed E-state index contributed by atoms with van der Waals surface area (Å²) in [5, 5.41) is 3.63. The molecule has 1 fully saturated rings. The maximum atomic E-state index is 4.45. The van der Waals surface area contributed by atoms with Crippen LogP contribution in [0, 0.1) is 6.92 Å². The molecule has 0 saturated carbocycles. The molecule has 0 spiro atoms. The molecule has 0 atom stereocenters. The second-order valence-corrected chi connectivity index (χ2v) is 7.00. The van der Waals surface area contributed by atoms with E-state index < -0.39 is 0 Å². The van der Waals surface area contributed by atoms with Gasteiger partial charge in [-0.2, -0.15) is 0 Å². The minimum atomic E-state index is 0.132. The lowest BCUT2D eigenvalue weighted by Gasteiger charge is -2.31. The molecule has 19 heavy (non-hydrogen) atoms. The summed E-state index contributed by atoms with van der Waals surface area (Å²) in [5.74, 6) is 0. The summed E-state index contributed by atoms with van der Waals surface area (Å²) in [6.07, 6.45) is 4.59. The van der Waals surface area contributed by atoms with Gasteiger partial charge in [0.2, 0.25) is 0 Å². The highest BCUT2D eigenvalue weighted by Crippen LogP contribution is 2.16. The first kappa shape index (κ1) is 14.9. The molecule has 0 unspecified atom stereocenters. The van der Waals surface area contributed by atoms with E-state index in [1.165, 1.54) is 31.5 Å². The fraction of sp³-hybridized carbons (Fsp3) is 0.667. The van der Waals surface area contributed by atoms with Crippen molar-refractivity contribution in [2.45, 2.75) is 45.7 Å². The zero-order valence-electron chi connectivity index (χ0n) is 12.2. The number of hydrogen-bond donors (Lipinski definition) is 1. The molecule has 3 nitrogen and oxygen atoms in total. The van der Waals surface area contributed by atoms with Gasteiger partial charge in [-0.25, -0.2) is 0 Å².